The third-order valence-corrected chi connectivity index (χ3v) is 8.16. The lowest BCUT2D eigenvalue weighted by Gasteiger charge is -2.24. The third-order valence-electron chi connectivity index (χ3n) is 7.95. The summed E-state index contributed by atoms with van der Waals surface area (Å²) in [4.78, 5) is 37.0. The summed E-state index contributed by atoms with van der Waals surface area (Å²) < 4.78 is 17.5. The van der Waals surface area contributed by atoms with E-state index < -0.39 is 16.4 Å². The lowest BCUT2D eigenvalue weighted by Crippen LogP contribution is -2.28. The molecule has 2 atom stereocenters. The molecule has 2 aromatic heterocycles. The van der Waals surface area contributed by atoms with E-state index >= 15 is 0 Å². The zero-order chi connectivity index (χ0) is 38.8. The van der Waals surface area contributed by atoms with Gasteiger partial charge >= 0.3 is 5.97 Å². The fraction of sp³-hybridized carbons (Fsp3) is 0.429. The molecular formula is C42H53ClN4O6. The van der Waals surface area contributed by atoms with Crippen molar-refractivity contribution >= 4 is 34.2 Å². The number of para-hydroxylation sites is 2. The van der Waals surface area contributed by atoms with E-state index in [9.17, 15) is 9.59 Å². The van der Waals surface area contributed by atoms with Crippen LogP contribution in [0.2, 0.25) is 0 Å². The number of benzene rings is 2. The van der Waals surface area contributed by atoms with Gasteiger partial charge in [0, 0.05) is 56.1 Å². The van der Waals surface area contributed by atoms with Gasteiger partial charge in [-0.25, -0.2) is 14.8 Å². The van der Waals surface area contributed by atoms with Crippen molar-refractivity contribution in [1.82, 2.24) is 9.97 Å². The molecule has 0 amide bonds. The van der Waals surface area contributed by atoms with Gasteiger partial charge in [-0.15, -0.1) is 0 Å². The Kier molecular flexibility index (Phi) is 14.3. The van der Waals surface area contributed by atoms with Gasteiger partial charge in [0.15, 0.2) is 0 Å². The summed E-state index contributed by atoms with van der Waals surface area (Å²) in [7, 11) is 0. The summed E-state index contributed by atoms with van der Waals surface area (Å²) in [6, 6.07) is 22.7. The highest BCUT2D eigenvalue weighted by Crippen LogP contribution is 2.29. The Hall–Kier alpha value is -4.67. The van der Waals surface area contributed by atoms with E-state index in [2.05, 4.69) is 19.8 Å². The molecule has 0 bridgehead atoms. The standard InChI is InChI=1S/C21H26N2O3.C17H17ClN2O2.C4H10O/c1-15-9-10-19(22-13-15)25-16-11-12-23(14-16)18-8-6-5-7-17(18)20(24)26-21(2,3)4;1-12-6-7-16(19-10-12)22-13-8-9-20(11-13)15-5-3-2-4-14(15)17(18)21;1-4(2,3)5/h5-10,13,16H,11-12,14H2,1-4H3;2-7,10,13H,8-9,11H2,1H3;5H,1-3H3/t16-;13-;/m00./s1. The minimum atomic E-state index is -0.516. The quantitative estimate of drug-likeness (QED) is 0.140. The summed E-state index contributed by atoms with van der Waals surface area (Å²) in [5.41, 5.74) is 4.09. The number of pyridine rings is 2. The second-order valence-corrected chi connectivity index (χ2v) is 15.6. The van der Waals surface area contributed by atoms with Crippen LogP contribution in [0.25, 0.3) is 0 Å². The lowest BCUT2D eigenvalue weighted by molar-refractivity contribution is 0.00700. The highest BCUT2D eigenvalue weighted by molar-refractivity contribution is 6.68. The Bertz CT molecular complexity index is 1780. The first-order chi connectivity index (χ1) is 24.9. The molecule has 11 heteroatoms. The predicted molar refractivity (Wildman–Crippen MR) is 211 cm³/mol. The van der Waals surface area contributed by atoms with Gasteiger partial charge in [-0.3, -0.25) is 4.79 Å². The van der Waals surface area contributed by atoms with E-state index in [4.69, 9.17) is 30.9 Å². The minimum absolute atomic E-state index is 0.0527. The van der Waals surface area contributed by atoms with Crippen LogP contribution in [0, 0.1) is 13.8 Å². The summed E-state index contributed by atoms with van der Waals surface area (Å²) in [5.74, 6) is 0.986. The number of halogens is 1. The predicted octanol–water partition coefficient (Wildman–Crippen LogP) is 8.21. The van der Waals surface area contributed by atoms with Crippen molar-refractivity contribution in [2.24, 2.45) is 0 Å². The van der Waals surface area contributed by atoms with Gasteiger partial charge in [0.2, 0.25) is 11.8 Å². The molecule has 2 aromatic carbocycles. The smallest absolute Gasteiger partial charge is 0.340 e. The molecule has 6 rings (SSSR count). The highest BCUT2D eigenvalue weighted by Gasteiger charge is 2.29. The average Bonchev–Trinajstić information content (AvgIpc) is 3.76. The van der Waals surface area contributed by atoms with E-state index in [1.165, 1.54) is 0 Å². The van der Waals surface area contributed by atoms with Gasteiger partial charge in [0.25, 0.3) is 5.24 Å². The molecule has 1 N–H and O–H groups in total. The minimum Gasteiger partial charge on any atom is -0.472 e. The van der Waals surface area contributed by atoms with Gasteiger partial charge < -0.3 is 29.1 Å². The van der Waals surface area contributed by atoms with Crippen LogP contribution in [0.1, 0.15) is 86.2 Å². The zero-order valence-electron chi connectivity index (χ0n) is 32.1. The van der Waals surface area contributed by atoms with Crippen LogP contribution in [0.3, 0.4) is 0 Å². The number of nitrogens with zero attached hydrogens (tertiary/aromatic N) is 4. The molecule has 2 saturated heterocycles. The van der Waals surface area contributed by atoms with E-state index in [1.54, 1.807) is 39.2 Å². The van der Waals surface area contributed by atoms with Crippen molar-refractivity contribution < 1.29 is 28.9 Å². The van der Waals surface area contributed by atoms with Crippen LogP contribution >= 0.6 is 11.6 Å². The first-order valence-electron chi connectivity index (χ1n) is 18.0. The molecule has 0 radical (unpaired) electrons. The lowest BCUT2D eigenvalue weighted by atomic mass is 10.1. The van der Waals surface area contributed by atoms with Crippen LogP contribution in [0.15, 0.2) is 85.2 Å². The fourth-order valence-electron chi connectivity index (χ4n) is 5.65. The largest absolute Gasteiger partial charge is 0.472 e. The number of rotatable bonds is 8. The molecule has 2 fully saturated rings. The van der Waals surface area contributed by atoms with Crippen molar-refractivity contribution in [2.45, 2.75) is 91.6 Å². The maximum atomic E-state index is 12.6. The molecule has 0 unspecified atom stereocenters. The number of hydrogen-bond acceptors (Lipinski definition) is 10. The van der Waals surface area contributed by atoms with E-state index in [-0.39, 0.29) is 18.2 Å². The number of aliphatic hydroxyl groups is 1. The van der Waals surface area contributed by atoms with Crippen molar-refractivity contribution in [3.8, 4) is 11.8 Å². The zero-order valence-corrected chi connectivity index (χ0v) is 32.9. The molecule has 2 aliphatic rings. The van der Waals surface area contributed by atoms with Crippen molar-refractivity contribution in [3.63, 3.8) is 0 Å². The molecule has 284 valence electrons. The van der Waals surface area contributed by atoms with Gasteiger partial charge in [0.05, 0.1) is 35.5 Å². The summed E-state index contributed by atoms with van der Waals surface area (Å²) in [5, 5.41) is 8.09. The maximum absolute atomic E-state index is 12.6. The summed E-state index contributed by atoms with van der Waals surface area (Å²) >= 11 is 5.66. The topological polar surface area (TPSA) is 114 Å². The SMILES string of the molecule is CC(C)(C)O.Cc1ccc(O[C@H]2CCN(c3ccccc3C(=O)Cl)C2)nc1.Cc1ccc(O[C@H]2CCN(c3ccccc3C(=O)OC(C)(C)C)C2)nc1. The normalized spacial score (nSPS) is 16.9. The highest BCUT2D eigenvalue weighted by atomic mass is 35.5. The Balaban J connectivity index is 0.000000212. The Labute approximate surface area is 319 Å². The molecular weight excluding hydrogens is 692 g/mol. The molecule has 10 nitrogen and oxygen atoms in total. The van der Waals surface area contributed by atoms with E-state index in [1.807, 2.05) is 101 Å². The van der Waals surface area contributed by atoms with Crippen LogP contribution in [-0.2, 0) is 4.74 Å². The van der Waals surface area contributed by atoms with Crippen molar-refractivity contribution in [2.75, 3.05) is 36.0 Å². The van der Waals surface area contributed by atoms with Crippen LogP contribution in [0.5, 0.6) is 11.8 Å². The number of aromatic nitrogens is 2. The summed E-state index contributed by atoms with van der Waals surface area (Å²) in [6.45, 7) is 18.0. The molecule has 2 aliphatic heterocycles. The molecule has 0 aliphatic carbocycles. The molecule has 0 saturated carbocycles. The Morgan fingerprint density at radius 2 is 1.11 bits per heavy atom. The van der Waals surface area contributed by atoms with Crippen molar-refractivity contribution in [1.29, 1.82) is 0 Å². The van der Waals surface area contributed by atoms with Gasteiger partial charge in [-0.1, -0.05) is 36.4 Å². The van der Waals surface area contributed by atoms with Crippen LogP contribution in [-0.4, -0.2) is 75.9 Å². The van der Waals surface area contributed by atoms with E-state index in [0.717, 1.165) is 61.5 Å². The first-order valence-corrected chi connectivity index (χ1v) is 18.3. The average molecular weight is 745 g/mol. The number of aryl methyl sites for hydroxylation is 2. The number of esters is 1. The van der Waals surface area contributed by atoms with E-state index in [0.29, 0.717) is 22.9 Å². The third kappa shape index (κ3) is 13.7. The molecule has 4 heterocycles. The summed E-state index contributed by atoms with van der Waals surface area (Å²) in [6.07, 6.45) is 5.49. The number of ether oxygens (including phenoxy) is 3. The monoisotopic (exact) mass is 744 g/mol. The van der Waals surface area contributed by atoms with Gasteiger partial charge in [0.1, 0.15) is 17.8 Å². The van der Waals surface area contributed by atoms with Gasteiger partial charge in [-0.05, 0) is 102 Å². The Morgan fingerprint density at radius 3 is 1.51 bits per heavy atom. The number of carbonyl (C=O) groups is 2. The fourth-order valence-corrected chi connectivity index (χ4v) is 5.81. The number of hydrogen-bond donors (Lipinski definition) is 1. The Morgan fingerprint density at radius 1 is 0.698 bits per heavy atom. The maximum Gasteiger partial charge on any atom is 0.340 e. The number of anilines is 2. The van der Waals surface area contributed by atoms with Gasteiger partial charge in [-0.2, -0.15) is 0 Å². The van der Waals surface area contributed by atoms with Crippen LogP contribution in [0.4, 0.5) is 11.4 Å². The first kappa shape index (κ1) is 41.1. The second-order valence-electron chi connectivity index (χ2n) is 15.3. The molecule has 53 heavy (non-hydrogen) atoms. The van der Waals surface area contributed by atoms with Crippen molar-refractivity contribution in [3.05, 3.63) is 107 Å². The molecule has 4 aromatic rings. The second kappa shape index (κ2) is 18.4. The number of carbonyl (C=O) groups excluding carboxylic acids is 2. The molecule has 0 spiro atoms. The van der Waals surface area contributed by atoms with Crippen LogP contribution < -0.4 is 19.3 Å².